The molecule has 1 unspecified atom stereocenters. The van der Waals surface area contributed by atoms with E-state index in [2.05, 4.69) is 4.98 Å². The van der Waals surface area contributed by atoms with Crippen LogP contribution in [0.5, 0.6) is 0 Å². The molecule has 0 spiro atoms. The van der Waals surface area contributed by atoms with Crippen LogP contribution in [0.15, 0.2) is 36.4 Å². The van der Waals surface area contributed by atoms with Gasteiger partial charge in [-0.15, -0.1) is 0 Å². The number of rotatable bonds is 3. The second-order valence-electron chi connectivity index (χ2n) is 6.48. The first-order valence-corrected chi connectivity index (χ1v) is 8.38. The van der Waals surface area contributed by atoms with Gasteiger partial charge in [0.1, 0.15) is 5.82 Å². The summed E-state index contributed by atoms with van der Waals surface area (Å²) in [5, 5.41) is 0. The van der Waals surface area contributed by atoms with E-state index in [9.17, 15) is 22.8 Å². The molecule has 0 bridgehead atoms. The Balaban J connectivity index is 1.70. The Labute approximate surface area is 157 Å². The summed E-state index contributed by atoms with van der Waals surface area (Å²) in [4.78, 5) is 30.3. The van der Waals surface area contributed by atoms with Gasteiger partial charge >= 0.3 is 6.09 Å². The van der Waals surface area contributed by atoms with Crippen LogP contribution in [0.3, 0.4) is 0 Å². The van der Waals surface area contributed by atoms with Crippen LogP contribution in [0.1, 0.15) is 30.5 Å². The van der Waals surface area contributed by atoms with Gasteiger partial charge in [0.25, 0.3) is 5.91 Å². The molecule has 28 heavy (non-hydrogen) atoms. The van der Waals surface area contributed by atoms with Gasteiger partial charge < -0.3 is 9.30 Å². The molecule has 0 radical (unpaired) electrons. The number of aryl methyl sites for hydroxylation is 1. The second-order valence-corrected chi connectivity index (χ2v) is 6.48. The Kier molecular flexibility index (Phi) is 4.10. The van der Waals surface area contributed by atoms with Crippen molar-refractivity contribution < 1.29 is 27.5 Å². The summed E-state index contributed by atoms with van der Waals surface area (Å²) in [6, 6.07) is 6.56. The van der Waals surface area contributed by atoms with Crippen LogP contribution in [0, 0.1) is 17.5 Å². The Morgan fingerprint density at radius 3 is 2.39 bits per heavy atom. The van der Waals surface area contributed by atoms with Crippen molar-refractivity contribution in [3.8, 4) is 0 Å². The highest BCUT2D eigenvalue weighted by Crippen LogP contribution is 2.34. The maximum absolute atomic E-state index is 13.5. The number of halogens is 3. The summed E-state index contributed by atoms with van der Waals surface area (Å²) in [5.41, 5.74) is 0.926. The Morgan fingerprint density at radius 1 is 1.07 bits per heavy atom. The zero-order valence-corrected chi connectivity index (χ0v) is 14.8. The summed E-state index contributed by atoms with van der Waals surface area (Å²) >= 11 is 0. The molecular weight excluding hydrogens is 375 g/mol. The Hall–Kier alpha value is -3.36. The van der Waals surface area contributed by atoms with Crippen LogP contribution in [-0.2, 0) is 16.6 Å². The predicted octanol–water partition coefficient (Wildman–Crippen LogP) is 3.77. The monoisotopic (exact) mass is 389 g/mol. The predicted molar refractivity (Wildman–Crippen MR) is 91.5 cm³/mol. The third-order valence-electron chi connectivity index (χ3n) is 4.81. The van der Waals surface area contributed by atoms with Gasteiger partial charge in [-0.25, -0.2) is 27.8 Å². The van der Waals surface area contributed by atoms with Crippen LogP contribution < -0.4 is 0 Å². The van der Waals surface area contributed by atoms with Gasteiger partial charge in [-0.1, -0.05) is 12.1 Å². The number of aromatic nitrogens is 2. The molecule has 1 saturated heterocycles. The van der Waals surface area contributed by atoms with Crippen molar-refractivity contribution in [2.45, 2.75) is 19.1 Å². The first kappa shape index (κ1) is 18.0. The third kappa shape index (κ3) is 2.70. The van der Waals surface area contributed by atoms with Gasteiger partial charge in [-0.05, 0) is 24.6 Å². The molecule has 2 aromatic carbocycles. The average molecular weight is 389 g/mol. The fraction of sp³-hybridized carbons (Fsp3) is 0.211. The summed E-state index contributed by atoms with van der Waals surface area (Å²) in [5.74, 6) is -3.18. The molecule has 2 heterocycles. The highest BCUT2D eigenvalue weighted by Gasteiger charge is 2.46. The summed E-state index contributed by atoms with van der Waals surface area (Å²) in [7, 11) is 1.51. The van der Waals surface area contributed by atoms with Crippen molar-refractivity contribution in [3.05, 3.63) is 65.2 Å². The van der Waals surface area contributed by atoms with Gasteiger partial charge in [0.05, 0.1) is 17.1 Å². The van der Waals surface area contributed by atoms with Crippen LogP contribution in [0.25, 0.3) is 11.0 Å². The number of amides is 2. The van der Waals surface area contributed by atoms with E-state index >= 15 is 0 Å². The minimum absolute atomic E-state index is 0.0483. The van der Waals surface area contributed by atoms with Crippen LogP contribution in [0.2, 0.25) is 0 Å². The van der Waals surface area contributed by atoms with Crippen molar-refractivity contribution in [2.75, 3.05) is 0 Å². The number of hydrogen-bond acceptors (Lipinski definition) is 4. The van der Waals surface area contributed by atoms with E-state index in [0.717, 1.165) is 17.0 Å². The van der Waals surface area contributed by atoms with E-state index in [1.54, 1.807) is 6.92 Å². The molecule has 1 aliphatic rings. The normalized spacial score (nSPS) is 18.0. The molecule has 2 atom stereocenters. The highest BCUT2D eigenvalue weighted by molar-refractivity contribution is 6.01. The van der Waals surface area contributed by atoms with Crippen molar-refractivity contribution in [1.29, 1.82) is 0 Å². The number of imide groups is 1. The molecule has 4 rings (SSSR count). The number of ether oxygens (including phenoxy) is 1. The third-order valence-corrected chi connectivity index (χ3v) is 4.81. The number of imidazole rings is 1. The lowest BCUT2D eigenvalue weighted by atomic mass is 10.1. The van der Waals surface area contributed by atoms with Crippen molar-refractivity contribution >= 4 is 23.0 Å². The molecule has 0 aliphatic carbocycles. The molecular formula is C19H14F3N3O3. The van der Waals surface area contributed by atoms with Gasteiger partial charge in [0.15, 0.2) is 17.5 Å². The fourth-order valence-corrected chi connectivity index (χ4v) is 3.27. The standard InChI is InChI=1S/C19H14F3N3O3/c1-9(10-3-5-11(20)6-4-10)25-18(26)16(28-19(25)27)17-23-14-7-12(21)13(22)8-15(14)24(17)2/h3-9,16H,1-2H3/t9-,16?/m1/s1. The Bertz CT molecular complexity index is 1110. The number of benzene rings is 2. The first-order valence-electron chi connectivity index (χ1n) is 8.38. The van der Waals surface area contributed by atoms with Crippen molar-refractivity contribution in [2.24, 2.45) is 7.05 Å². The molecule has 1 fully saturated rings. The average Bonchev–Trinajstić information content (AvgIpc) is 3.12. The largest absolute Gasteiger partial charge is 0.427 e. The number of fused-ring (bicyclic) bond motifs is 1. The zero-order chi connectivity index (χ0) is 20.2. The van der Waals surface area contributed by atoms with E-state index in [4.69, 9.17) is 4.74 Å². The van der Waals surface area contributed by atoms with Crippen LogP contribution in [-0.4, -0.2) is 26.5 Å². The lowest BCUT2D eigenvalue weighted by Crippen LogP contribution is -2.32. The molecule has 144 valence electrons. The molecule has 1 aromatic heterocycles. The topological polar surface area (TPSA) is 64.4 Å². The summed E-state index contributed by atoms with van der Waals surface area (Å²) in [6.07, 6.45) is -2.23. The number of cyclic esters (lactones) is 1. The van der Waals surface area contributed by atoms with Crippen molar-refractivity contribution in [1.82, 2.24) is 14.5 Å². The van der Waals surface area contributed by atoms with E-state index in [-0.39, 0.29) is 16.9 Å². The van der Waals surface area contributed by atoms with E-state index in [1.807, 2.05) is 0 Å². The van der Waals surface area contributed by atoms with E-state index in [1.165, 1.54) is 35.9 Å². The minimum atomic E-state index is -1.35. The molecule has 1 aliphatic heterocycles. The molecule has 2 amide bonds. The summed E-state index contributed by atoms with van der Waals surface area (Å²) < 4.78 is 46.7. The van der Waals surface area contributed by atoms with Crippen molar-refractivity contribution in [3.63, 3.8) is 0 Å². The second kappa shape index (κ2) is 6.36. The summed E-state index contributed by atoms with van der Waals surface area (Å²) in [6.45, 7) is 1.61. The smallest absolute Gasteiger partial charge is 0.418 e. The molecule has 0 N–H and O–H groups in total. The quantitative estimate of drug-likeness (QED) is 0.684. The molecule has 3 aromatic rings. The number of nitrogens with zero attached hydrogens (tertiary/aromatic N) is 3. The van der Waals surface area contributed by atoms with Crippen LogP contribution in [0.4, 0.5) is 18.0 Å². The zero-order valence-electron chi connectivity index (χ0n) is 14.8. The molecule has 6 nitrogen and oxygen atoms in total. The lowest BCUT2D eigenvalue weighted by molar-refractivity contribution is -0.131. The fourth-order valence-electron chi connectivity index (χ4n) is 3.27. The van der Waals surface area contributed by atoms with Gasteiger partial charge in [0.2, 0.25) is 6.10 Å². The first-order chi connectivity index (χ1) is 13.3. The Morgan fingerprint density at radius 2 is 1.71 bits per heavy atom. The molecule has 0 saturated carbocycles. The highest BCUT2D eigenvalue weighted by atomic mass is 19.2. The van der Waals surface area contributed by atoms with E-state index in [0.29, 0.717) is 5.56 Å². The maximum Gasteiger partial charge on any atom is 0.418 e. The van der Waals surface area contributed by atoms with Gasteiger partial charge in [0, 0.05) is 19.2 Å². The number of carbonyl (C=O) groups excluding carboxylic acids is 2. The lowest BCUT2D eigenvalue weighted by Gasteiger charge is -2.20. The maximum atomic E-state index is 13.5. The van der Waals surface area contributed by atoms with Gasteiger partial charge in [-0.2, -0.15) is 0 Å². The SMILES string of the molecule is C[C@H](c1ccc(F)cc1)N1C(=O)OC(c2nc3cc(F)c(F)cc3n2C)C1=O. The number of hydrogen-bond donors (Lipinski definition) is 0. The van der Waals surface area contributed by atoms with Gasteiger partial charge in [-0.3, -0.25) is 4.79 Å². The van der Waals surface area contributed by atoms with E-state index < -0.39 is 41.6 Å². The minimum Gasteiger partial charge on any atom is -0.427 e. The molecule has 9 heteroatoms. The van der Waals surface area contributed by atoms with Crippen LogP contribution >= 0.6 is 0 Å². The number of carbonyl (C=O) groups is 2.